The molecule has 0 saturated heterocycles. The summed E-state index contributed by atoms with van der Waals surface area (Å²) in [5, 5.41) is 10.9. The first-order chi connectivity index (χ1) is 31.5. The number of carbonyl (C=O) groups is 2. The van der Waals surface area contributed by atoms with Gasteiger partial charge in [0.05, 0.1) is 6.54 Å². The van der Waals surface area contributed by atoms with E-state index in [9.17, 15) is 19.2 Å². The number of rotatable bonds is 12. The second-order valence-electron chi connectivity index (χ2n) is 15.4. The van der Waals surface area contributed by atoms with Gasteiger partial charge in [-0.25, -0.2) is 9.97 Å². The number of benzene rings is 4. The Labute approximate surface area is 372 Å². The normalized spacial score (nSPS) is 10.9. The van der Waals surface area contributed by atoms with Crippen LogP contribution in [0.4, 0.5) is 0 Å². The molecule has 0 atom stereocenters. The van der Waals surface area contributed by atoms with Crippen molar-refractivity contribution >= 4 is 23.0 Å². The molecule has 0 saturated carbocycles. The minimum atomic E-state index is -0.515. The lowest BCUT2D eigenvalue weighted by Crippen LogP contribution is -2.32. The number of amides is 1. The predicted molar refractivity (Wildman–Crippen MR) is 245 cm³/mol. The number of nitrogens with zero attached hydrogens (tertiary/aromatic N) is 6. The van der Waals surface area contributed by atoms with Crippen LogP contribution in [0.5, 0.6) is 11.5 Å². The summed E-state index contributed by atoms with van der Waals surface area (Å²) in [5.74, 6) is -0.493. The molecule has 1 N–H and O–H groups in total. The van der Waals surface area contributed by atoms with Crippen LogP contribution in [0.3, 0.4) is 0 Å². The quantitative estimate of drug-likeness (QED) is 0.118. The highest BCUT2D eigenvalue weighted by molar-refractivity contribution is 6.02. The number of ketones is 1. The summed E-state index contributed by atoms with van der Waals surface area (Å²) in [6.45, 7) is 7.64. The Morgan fingerprint density at radius 2 is 1.14 bits per heavy atom. The molecular weight excluding hydrogens is 823 g/mol. The van der Waals surface area contributed by atoms with Crippen molar-refractivity contribution < 1.29 is 23.5 Å². The lowest BCUT2D eigenvalue weighted by Gasteiger charge is -2.12. The van der Waals surface area contributed by atoms with E-state index in [2.05, 4.69) is 25.5 Å². The number of carbonyl (C=O) groups excluding carboxylic acids is 2. The number of hydrogen-bond acceptors (Lipinski definition) is 11. The molecule has 0 spiro atoms. The molecule has 14 heteroatoms. The van der Waals surface area contributed by atoms with Crippen molar-refractivity contribution in [3.05, 3.63) is 211 Å². The van der Waals surface area contributed by atoms with E-state index < -0.39 is 11.3 Å². The zero-order valence-corrected chi connectivity index (χ0v) is 36.0. The van der Waals surface area contributed by atoms with Crippen LogP contribution in [0.25, 0.3) is 34.3 Å². The number of nitrogens with one attached hydrogen (secondary N) is 1. The van der Waals surface area contributed by atoms with E-state index in [0.29, 0.717) is 22.7 Å². The highest BCUT2D eigenvalue weighted by atomic mass is 16.5. The van der Waals surface area contributed by atoms with Crippen molar-refractivity contribution in [2.75, 3.05) is 6.54 Å². The molecule has 0 fully saturated rings. The monoisotopic (exact) mass is 865 g/mol. The molecule has 65 heavy (non-hydrogen) atoms. The maximum atomic E-state index is 13.3. The Morgan fingerprint density at radius 1 is 0.585 bits per heavy atom. The number of hydrogen-bond donors (Lipinski definition) is 1. The van der Waals surface area contributed by atoms with Gasteiger partial charge in [0, 0.05) is 23.5 Å². The highest BCUT2D eigenvalue weighted by Gasteiger charge is 2.24. The standard InChI is InChI=1S/C26H23N3O4.C25H20N4O3/c1-17-7-6-10-20(13-17)25(31)27-14-21(30)23-24(33-16-19-8-4-3-5-9-19)26(32)29-15-18(2)11-12-22(29)28-23;1-16-7-6-10-19(13-16)23-27-28-24(32-23)21-22(31-15-18-8-4-3-5-9-18)25(30)29-14-17(2)11-12-20(29)26-21/h3-13,15H,14,16H2,1-2H3,(H,27,31);3-14H,15H2,1-2H3. The molecule has 5 aromatic heterocycles. The smallest absolute Gasteiger partial charge is 0.301 e. The van der Waals surface area contributed by atoms with E-state index in [1.54, 1.807) is 48.8 Å². The molecule has 0 unspecified atom stereocenters. The number of Topliss-reactive ketones (excluding diaryl/α,β-unsaturated/α-hetero) is 1. The van der Waals surface area contributed by atoms with Gasteiger partial charge in [-0.2, -0.15) is 0 Å². The fraction of sp³-hybridized carbons (Fsp3) is 0.137. The van der Waals surface area contributed by atoms with Crippen LogP contribution < -0.4 is 25.9 Å². The first-order valence-corrected chi connectivity index (χ1v) is 20.7. The molecule has 0 bridgehead atoms. The molecule has 0 radical (unpaired) electrons. The zero-order valence-electron chi connectivity index (χ0n) is 36.0. The first-order valence-electron chi connectivity index (χ1n) is 20.7. The van der Waals surface area contributed by atoms with Gasteiger partial charge in [-0.3, -0.25) is 28.0 Å². The van der Waals surface area contributed by atoms with Gasteiger partial charge >= 0.3 is 11.1 Å². The van der Waals surface area contributed by atoms with Crippen LogP contribution >= 0.6 is 0 Å². The Kier molecular flexibility index (Phi) is 12.8. The third-order valence-corrected chi connectivity index (χ3v) is 10.2. The van der Waals surface area contributed by atoms with Crippen molar-refractivity contribution in [2.45, 2.75) is 40.9 Å². The predicted octanol–water partition coefficient (Wildman–Crippen LogP) is 8.11. The highest BCUT2D eigenvalue weighted by Crippen LogP contribution is 2.29. The average molecular weight is 866 g/mol. The number of aryl methyl sites for hydroxylation is 4. The Morgan fingerprint density at radius 3 is 1.75 bits per heavy atom. The summed E-state index contributed by atoms with van der Waals surface area (Å²) >= 11 is 0. The number of aromatic nitrogens is 6. The topological polar surface area (TPSA) is 172 Å². The molecule has 1 amide bonds. The summed E-state index contributed by atoms with van der Waals surface area (Å²) in [7, 11) is 0. The van der Waals surface area contributed by atoms with Gasteiger partial charge < -0.3 is 19.2 Å². The summed E-state index contributed by atoms with van der Waals surface area (Å²) in [5.41, 5.74) is 6.93. The molecule has 14 nitrogen and oxygen atoms in total. The van der Waals surface area contributed by atoms with Crippen LogP contribution in [0.2, 0.25) is 0 Å². The first kappa shape index (κ1) is 43.1. The molecule has 0 aliphatic heterocycles. The maximum Gasteiger partial charge on any atom is 0.301 e. The SMILES string of the molecule is Cc1cccc(-c2nnc(-c3nc4ccc(C)cn4c(=O)c3OCc3ccccc3)o2)c1.Cc1cccc(C(=O)NCC(=O)c2nc3ccc(C)cn3c(=O)c2OCc2ccccc2)c1. The summed E-state index contributed by atoms with van der Waals surface area (Å²) in [6.07, 6.45) is 3.38. The van der Waals surface area contributed by atoms with Crippen LogP contribution in [0.1, 0.15) is 54.2 Å². The Hall–Kier alpha value is -8.52. The van der Waals surface area contributed by atoms with Gasteiger partial charge in [-0.1, -0.05) is 108 Å². The minimum Gasteiger partial charge on any atom is -0.481 e. The third-order valence-electron chi connectivity index (χ3n) is 10.2. The van der Waals surface area contributed by atoms with Crippen LogP contribution in [-0.2, 0) is 13.2 Å². The van der Waals surface area contributed by atoms with Crippen molar-refractivity contribution in [1.82, 2.24) is 34.3 Å². The van der Waals surface area contributed by atoms with E-state index in [0.717, 1.165) is 38.9 Å². The zero-order chi connectivity index (χ0) is 45.5. The van der Waals surface area contributed by atoms with E-state index in [4.69, 9.17) is 13.9 Å². The molecular formula is C51H43N7O7. The summed E-state index contributed by atoms with van der Waals surface area (Å²) < 4.78 is 20.5. The van der Waals surface area contributed by atoms with Crippen LogP contribution in [0, 0.1) is 27.7 Å². The largest absolute Gasteiger partial charge is 0.481 e. The van der Waals surface area contributed by atoms with Crippen LogP contribution in [-0.4, -0.2) is 47.2 Å². The Bertz CT molecular complexity index is 3310. The molecule has 0 aliphatic rings. The van der Waals surface area contributed by atoms with Gasteiger partial charge in [0.2, 0.25) is 23.2 Å². The lowest BCUT2D eigenvalue weighted by atomic mass is 10.1. The third kappa shape index (κ3) is 10.1. The Balaban J connectivity index is 0.000000177. The van der Waals surface area contributed by atoms with E-state index >= 15 is 0 Å². The van der Waals surface area contributed by atoms with Gasteiger partial charge in [0.25, 0.3) is 11.8 Å². The second kappa shape index (κ2) is 19.3. The maximum absolute atomic E-state index is 13.3. The van der Waals surface area contributed by atoms with Crippen LogP contribution in [0.15, 0.2) is 160 Å². The summed E-state index contributed by atoms with van der Waals surface area (Å²) in [4.78, 5) is 61.0. The van der Waals surface area contributed by atoms with E-state index in [1.807, 2.05) is 125 Å². The minimum absolute atomic E-state index is 0.0661. The fourth-order valence-corrected chi connectivity index (χ4v) is 6.86. The van der Waals surface area contributed by atoms with Crippen molar-refractivity contribution in [3.8, 4) is 34.5 Å². The molecule has 0 aliphatic carbocycles. The van der Waals surface area contributed by atoms with Gasteiger partial charge in [-0.15, -0.1) is 10.2 Å². The van der Waals surface area contributed by atoms with E-state index in [1.165, 1.54) is 8.80 Å². The average Bonchev–Trinajstić information content (AvgIpc) is 3.82. The van der Waals surface area contributed by atoms with Crippen molar-refractivity contribution in [1.29, 1.82) is 0 Å². The lowest BCUT2D eigenvalue weighted by molar-refractivity contribution is 0.0900. The molecule has 324 valence electrons. The fourth-order valence-electron chi connectivity index (χ4n) is 6.86. The molecule has 9 rings (SSSR count). The number of ether oxygens (including phenoxy) is 2. The molecule has 4 aromatic carbocycles. The summed E-state index contributed by atoms with van der Waals surface area (Å²) in [6, 6.07) is 40.9. The number of fused-ring (bicyclic) bond motifs is 2. The van der Waals surface area contributed by atoms with Crippen molar-refractivity contribution in [2.24, 2.45) is 0 Å². The van der Waals surface area contributed by atoms with E-state index in [-0.39, 0.29) is 60.0 Å². The molecule has 9 aromatic rings. The van der Waals surface area contributed by atoms with Gasteiger partial charge in [0.1, 0.15) is 24.5 Å². The van der Waals surface area contributed by atoms with Gasteiger partial charge in [-0.05, 0) is 86.3 Å². The van der Waals surface area contributed by atoms with Crippen molar-refractivity contribution in [3.63, 3.8) is 0 Å². The number of pyridine rings is 2. The second-order valence-corrected chi connectivity index (χ2v) is 15.4. The molecule has 5 heterocycles. The van der Waals surface area contributed by atoms with Gasteiger partial charge in [0.15, 0.2) is 11.4 Å².